The van der Waals surface area contributed by atoms with E-state index in [1.165, 1.54) is 6.92 Å². The predicted molar refractivity (Wildman–Crippen MR) is 30.6 cm³/mol. The Bertz CT molecular complexity index is 20.9. The van der Waals surface area contributed by atoms with Gasteiger partial charge in [-0.15, -0.1) is 0 Å². The first-order valence-corrected chi connectivity index (χ1v) is 2.28. The van der Waals surface area contributed by atoms with Gasteiger partial charge in [-0.3, -0.25) is 0 Å². The van der Waals surface area contributed by atoms with Gasteiger partial charge in [0, 0.05) is 0 Å². The van der Waals surface area contributed by atoms with Crippen molar-refractivity contribution in [2.75, 3.05) is 6.54 Å². The quantitative estimate of drug-likeness (QED) is 0.356. The predicted octanol–water partition coefficient (Wildman–Crippen LogP) is -0.752. The van der Waals surface area contributed by atoms with Crippen molar-refractivity contribution in [2.24, 2.45) is 11.5 Å². The molecule has 0 aliphatic carbocycles. The summed E-state index contributed by atoms with van der Waals surface area (Å²) in [6.07, 6.45) is -0.667. The Kier molecular flexibility index (Phi) is 13.3. The molecule has 0 aliphatic rings. The summed E-state index contributed by atoms with van der Waals surface area (Å²) < 4.78 is 0. The van der Waals surface area contributed by atoms with E-state index < -0.39 is 6.23 Å². The number of aliphatic hydroxyl groups excluding tert-OH is 1. The van der Waals surface area contributed by atoms with Gasteiger partial charge < -0.3 is 16.6 Å². The molecule has 1 unspecified atom stereocenters. The smallest absolute Gasteiger partial charge is 0.0991 e. The molecule has 5 N–H and O–H groups in total. The summed E-state index contributed by atoms with van der Waals surface area (Å²) in [5.41, 5.74) is 9.51. The lowest BCUT2D eigenvalue weighted by Crippen LogP contribution is -2.11. The van der Waals surface area contributed by atoms with Crippen LogP contribution in [0.15, 0.2) is 0 Å². The third kappa shape index (κ3) is 6150. The van der Waals surface area contributed by atoms with Gasteiger partial charge in [-0.2, -0.15) is 0 Å². The lowest BCUT2D eigenvalue weighted by Gasteiger charge is -1.82. The normalized spacial score (nSPS) is 11.6. The molecular formula is C4H14N2O. The summed E-state index contributed by atoms with van der Waals surface area (Å²) in [6, 6.07) is 0. The molecule has 3 heteroatoms. The molecule has 0 saturated carbocycles. The number of nitrogens with two attached hydrogens (primary N) is 2. The molecule has 3 nitrogen and oxygen atoms in total. The van der Waals surface area contributed by atoms with E-state index in [1.807, 2.05) is 6.92 Å². The maximum Gasteiger partial charge on any atom is 0.0991 e. The summed E-state index contributed by atoms with van der Waals surface area (Å²) in [4.78, 5) is 0. The second-order valence-electron chi connectivity index (χ2n) is 1.15. The van der Waals surface area contributed by atoms with E-state index in [2.05, 4.69) is 5.73 Å². The zero-order valence-corrected chi connectivity index (χ0v) is 4.89. The average molecular weight is 106 g/mol. The summed E-state index contributed by atoms with van der Waals surface area (Å²) in [6.45, 7) is 4.15. The molecule has 0 aromatic carbocycles. The Morgan fingerprint density at radius 3 is 1.71 bits per heavy atom. The van der Waals surface area contributed by atoms with Crippen molar-refractivity contribution in [1.29, 1.82) is 0 Å². The van der Waals surface area contributed by atoms with Crippen LogP contribution in [-0.2, 0) is 0 Å². The van der Waals surface area contributed by atoms with Crippen molar-refractivity contribution in [1.82, 2.24) is 0 Å². The van der Waals surface area contributed by atoms with Crippen molar-refractivity contribution < 1.29 is 5.11 Å². The zero-order valence-electron chi connectivity index (χ0n) is 4.89. The molecule has 0 radical (unpaired) electrons. The van der Waals surface area contributed by atoms with Gasteiger partial charge in [-0.1, -0.05) is 6.92 Å². The van der Waals surface area contributed by atoms with Gasteiger partial charge in [0.1, 0.15) is 0 Å². The Labute approximate surface area is 44.3 Å². The molecule has 46 valence electrons. The Balaban J connectivity index is 0. The van der Waals surface area contributed by atoms with Crippen LogP contribution in [0.4, 0.5) is 0 Å². The molecule has 0 bridgehead atoms. The maximum atomic E-state index is 7.83. The van der Waals surface area contributed by atoms with Crippen LogP contribution in [0.25, 0.3) is 0 Å². The zero-order chi connectivity index (χ0) is 6.28. The minimum Gasteiger partial charge on any atom is -0.379 e. The van der Waals surface area contributed by atoms with E-state index in [0.717, 1.165) is 6.54 Å². The highest BCUT2D eigenvalue weighted by Gasteiger charge is 1.68. The van der Waals surface area contributed by atoms with Gasteiger partial charge in [-0.05, 0) is 13.5 Å². The minimum absolute atomic E-state index is 0.667. The Morgan fingerprint density at radius 1 is 1.71 bits per heavy atom. The van der Waals surface area contributed by atoms with Gasteiger partial charge in [0.25, 0.3) is 0 Å². The molecule has 0 spiro atoms. The third-order valence-corrected chi connectivity index (χ3v) is 0. The first kappa shape index (κ1) is 9.99. The van der Waals surface area contributed by atoms with Crippen LogP contribution in [0.5, 0.6) is 0 Å². The van der Waals surface area contributed by atoms with Crippen LogP contribution in [0, 0.1) is 0 Å². The van der Waals surface area contributed by atoms with E-state index in [1.54, 1.807) is 0 Å². The molecule has 0 heterocycles. The SMILES string of the molecule is CC(N)O.CCN. The summed E-state index contributed by atoms with van der Waals surface area (Å²) in [7, 11) is 0. The molecule has 0 saturated heterocycles. The molecule has 0 aromatic heterocycles. The van der Waals surface area contributed by atoms with Crippen LogP contribution < -0.4 is 11.5 Å². The average Bonchev–Trinajstić information content (AvgIpc) is 1.33. The van der Waals surface area contributed by atoms with Gasteiger partial charge >= 0.3 is 0 Å². The lowest BCUT2D eigenvalue weighted by molar-refractivity contribution is 0.203. The molecule has 0 amide bonds. The van der Waals surface area contributed by atoms with Crippen LogP contribution >= 0.6 is 0 Å². The highest BCUT2D eigenvalue weighted by Crippen LogP contribution is 1.50. The molecule has 0 fully saturated rings. The van der Waals surface area contributed by atoms with Crippen LogP contribution in [0.2, 0.25) is 0 Å². The fourth-order valence-electron chi connectivity index (χ4n) is 0. The first-order chi connectivity index (χ1) is 3.15. The van der Waals surface area contributed by atoms with E-state index >= 15 is 0 Å². The summed E-state index contributed by atoms with van der Waals surface area (Å²) in [5.74, 6) is 0. The van der Waals surface area contributed by atoms with Crippen molar-refractivity contribution >= 4 is 0 Å². The third-order valence-electron chi connectivity index (χ3n) is 0. The van der Waals surface area contributed by atoms with Crippen LogP contribution in [0.3, 0.4) is 0 Å². The standard InChI is InChI=1S/C2H7NO.C2H7N/c1-2(3)4;1-2-3/h2,4H,3H2,1H3;2-3H2,1H3. The van der Waals surface area contributed by atoms with Crippen molar-refractivity contribution in [3.63, 3.8) is 0 Å². The van der Waals surface area contributed by atoms with Crippen molar-refractivity contribution in [3.8, 4) is 0 Å². The molecule has 7 heavy (non-hydrogen) atoms. The maximum absolute atomic E-state index is 7.83. The fraction of sp³-hybridized carbons (Fsp3) is 1.00. The largest absolute Gasteiger partial charge is 0.379 e. The second-order valence-corrected chi connectivity index (χ2v) is 1.15. The van der Waals surface area contributed by atoms with Gasteiger partial charge in [-0.25, -0.2) is 0 Å². The Hall–Kier alpha value is -0.120. The molecule has 1 atom stereocenters. The Morgan fingerprint density at radius 2 is 1.71 bits per heavy atom. The summed E-state index contributed by atoms with van der Waals surface area (Å²) in [5, 5.41) is 7.83. The minimum atomic E-state index is -0.667. The highest BCUT2D eigenvalue weighted by atomic mass is 16.3. The molecule has 0 aliphatic heterocycles. The first-order valence-electron chi connectivity index (χ1n) is 2.28. The van der Waals surface area contributed by atoms with Crippen molar-refractivity contribution in [2.45, 2.75) is 20.1 Å². The van der Waals surface area contributed by atoms with Crippen LogP contribution in [0.1, 0.15) is 13.8 Å². The van der Waals surface area contributed by atoms with E-state index in [-0.39, 0.29) is 0 Å². The number of rotatable bonds is 0. The van der Waals surface area contributed by atoms with E-state index in [4.69, 9.17) is 10.8 Å². The fourth-order valence-corrected chi connectivity index (χ4v) is 0. The van der Waals surface area contributed by atoms with Crippen LogP contribution in [-0.4, -0.2) is 17.9 Å². The molecule has 0 aromatic rings. The number of hydrogen-bond acceptors (Lipinski definition) is 3. The summed E-state index contributed by atoms with van der Waals surface area (Å²) >= 11 is 0. The van der Waals surface area contributed by atoms with Gasteiger partial charge in [0.2, 0.25) is 0 Å². The monoisotopic (exact) mass is 106 g/mol. The lowest BCUT2D eigenvalue weighted by atomic mass is 10.7. The molecule has 0 rings (SSSR count). The number of aliphatic hydroxyl groups is 1. The van der Waals surface area contributed by atoms with E-state index in [9.17, 15) is 0 Å². The highest BCUT2D eigenvalue weighted by molar-refractivity contribution is 4.16. The van der Waals surface area contributed by atoms with E-state index in [0.29, 0.717) is 0 Å². The van der Waals surface area contributed by atoms with Gasteiger partial charge in [0.05, 0.1) is 6.23 Å². The molecular weight excluding hydrogens is 92.1 g/mol. The van der Waals surface area contributed by atoms with Gasteiger partial charge in [0.15, 0.2) is 0 Å². The second kappa shape index (κ2) is 9.30. The topological polar surface area (TPSA) is 72.3 Å². The number of hydrogen-bond donors (Lipinski definition) is 3. The van der Waals surface area contributed by atoms with Crippen molar-refractivity contribution in [3.05, 3.63) is 0 Å².